The van der Waals surface area contributed by atoms with Crippen molar-refractivity contribution in [3.8, 4) is 0 Å². The number of rotatable bonds is 4. The van der Waals surface area contributed by atoms with E-state index in [0.717, 1.165) is 57.1 Å². The van der Waals surface area contributed by atoms with Crippen molar-refractivity contribution in [2.45, 2.75) is 77.6 Å². The second-order valence-corrected chi connectivity index (χ2v) is 7.64. The van der Waals surface area contributed by atoms with Crippen LogP contribution in [0.15, 0.2) is 24.3 Å². The van der Waals surface area contributed by atoms with E-state index in [1.165, 1.54) is 6.07 Å². The van der Waals surface area contributed by atoms with Gasteiger partial charge in [-0.15, -0.1) is 0 Å². The van der Waals surface area contributed by atoms with Gasteiger partial charge in [-0.2, -0.15) is 13.2 Å². The van der Waals surface area contributed by atoms with Crippen LogP contribution in [0.3, 0.4) is 0 Å². The molecule has 0 radical (unpaired) electrons. The van der Waals surface area contributed by atoms with Gasteiger partial charge in [0.15, 0.2) is 0 Å². The molecule has 0 aliphatic heterocycles. The first-order valence-corrected chi connectivity index (χ1v) is 9.35. The van der Waals surface area contributed by atoms with Crippen LogP contribution in [-0.2, 0) is 11.0 Å². The van der Waals surface area contributed by atoms with E-state index in [9.17, 15) is 17.6 Å². The van der Waals surface area contributed by atoms with Crippen LogP contribution in [0, 0.1) is 12.3 Å². The SMILES string of the molecule is C=O.CCCCC1(F)CCC(C)(CN)CC1.Cc1cccc(C(F)(F)F)c1. The summed E-state index contributed by atoms with van der Waals surface area (Å²) in [6.45, 7) is 8.65. The predicted octanol–water partition coefficient (Wildman–Crippen LogP) is 6.25. The van der Waals surface area contributed by atoms with Gasteiger partial charge in [-0.3, -0.25) is 0 Å². The van der Waals surface area contributed by atoms with Crippen molar-refractivity contribution in [3.63, 3.8) is 0 Å². The Labute approximate surface area is 160 Å². The molecule has 1 aromatic rings. The molecular weight excluding hydrogens is 358 g/mol. The largest absolute Gasteiger partial charge is 0.416 e. The number of carbonyl (C=O) groups is 1. The minimum Gasteiger partial charge on any atom is -0.330 e. The highest BCUT2D eigenvalue weighted by atomic mass is 19.4. The predicted molar refractivity (Wildman–Crippen MR) is 102 cm³/mol. The van der Waals surface area contributed by atoms with E-state index >= 15 is 0 Å². The first kappa shape index (κ1) is 25.6. The first-order chi connectivity index (χ1) is 12.5. The maximum atomic E-state index is 14.2. The molecule has 0 bridgehead atoms. The lowest BCUT2D eigenvalue weighted by Gasteiger charge is -2.40. The Morgan fingerprint density at radius 2 is 1.70 bits per heavy atom. The van der Waals surface area contributed by atoms with Gasteiger partial charge in [0, 0.05) is 0 Å². The van der Waals surface area contributed by atoms with Gasteiger partial charge in [-0.05, 0) is 57.1 Å². The maximum absolute atomic E-state index is 14.2. The normalized spacial score (nSPS) is 24.9. The topological polar surface area (TPSA) is 43.1 Å². The molecule has 27 heavy (non-hydrogen) atoms. The van der Waals surface area contributed by atoms with Crippen molar-refractivity contribution in [3.05, 3.63) is 35.4 Å². The monoisotopic (exact) mass is 391 g/mol. The van der Waals surface area contributed by atoms with Gasteiger partial charge in [0.1, 0.15) is 12.5 Å². The van der Waals surface area contributed by atoms with Crippen molar-refractivity contribution in [2.24, 2.45) is 11.1 Å². The summed E-state index contributed by atoms with van der Waals surface area (Å²) in [5.41, 5.74) is 5.08. The molecule has 156 valence electrons. The van der Waals surface area contributed by atoms with Gasteiger partial charge in [-0.25, -0.2) is 4.39 Å². The van der Waals surface area contributed by atoms with Crippen LogP contribution in [0.5, 0.6) is 0 Å². The molecule has 2 N–H and O–H groups in total. The molecule has 2 nitrogen and oxygen atoms in total. The molecule has 0 atom stereocenters. The molecule has 0 amide bonds. The summed E-state index contributed by atoms with van der Waals surface area (Å²) in [5, 5.41) is 0. The number of nitrogens with two attached hydrogens (primary N) is 1. The third-order valence-corrected chi connectivity index (χ3v) is 5.17. The summed E-state index contributed by atoms with van der Waals surface area (Å²) < 4.78 is 50.1. The van der Waals surface area contributed by atoms with Gasteiger partial charge in [0.05, 0.1) is 5.56 Å². The lowest BCUT2D eigenvalue weighted by molar-refractivity contribution is -0.137. The molecule has 0 aromatic heterocycles. The molecule has 2 rings (SSSR count). The lowest BCUT2D eigenvalue weighted by atomic mass is 9.69. The minimum absolute atomic E-state index is 0.210. The van der Waals surface area contributed by atoms with Crippen molar-refractivity contribution >= 4 is 6.79 Å². The van der Waals surface area contributed by atoms with E-state index in [0.29, 0.717) is 12.1 Å². The molecule has 1 fully saturated rings. The quantitative estimate of drug-likeness (QED) is 0.616. The van der Waals surface area contributed by atoms with E-state index in [2.05, 4.69) is 13.8 Å². The van der Waals surface area contributed by atoms with E-state index in [4.69, 9.17) is 10.5 Å². The smallest absolute Gasteiger partial charge is 0.330 e. The number of halogens is 4. The van der Waals surface area contributed by atoms with Crippen molar-refractivity contribution in [1.82, 2.24) is 0 Å². The Bertz CT molecular complexity index is 537. The fourth-order valence-corrected chi connectivity index (χ4v) is 3.07. The van der Waals surface area contributed by atoms with E-state index in [1.54, 1.807) is 13.0 Å². The molecule has 1 saturated carbocycles. The fourth-order valence-electron chi connectivity index (χ4n) is 3.07. The Morgan fingerprint density at radius 1 is 1.15 bits per heavy atom. The molecule has 1 aromatic carbocycles. The number of hydrogen-bond acceptors (Lipinski definition) is 2. The summed E-state index contributed by atoms with van der Waals surface area (Å²) >= 11 is 0. The van der Waals surface area contributed by atoms with Crippen LogP contribution in [0.1, 0.15) is 69.9 Å². The second kappa shape index (κ2) is 11.4. The van der Waals surface area contributed by atoms with Crippen LogP contribution >= 0.6 is 0 Å². The summed E-state index contributed by atoms with van der Waals surface area (Å²) in [6.07, 6.45) is 2.03. The average Bonchev–Trinajstić information content (AvgIpc) is 2.65. The highest BCUT2D eigenvalue weighted by Gasteiger charge is 2.39. The van der Waals surface area contributed by atoms with Crippen LogP contribution < -0.4 is 5.73 Å². The minimum atomic E-state index is -4.22. The number of unbranched alkanes of at least 4 members (excludes halogenated alkanes) is 1. The van der Waals surface area contributed by atoms with Gasteiger partial charge >= 0.3 is 6.18 Å². The van der Waals surface area contributed by atoms with Crippen LogP contribution in [-0.4, -0.2) is 19.0 Å². The fraction of sp³-hybridized carbons (Fsp3) is 0.667. The zero-order chi connectivity index (χ0) is 21.1. The average molecular weight is 391 g/mol. The molecular formula is C21H33F4NO. The zero-order valence-electron chi connectivity index (χ0n) is 16.7. The van der Waals surface area contributed by atoms with Crippen LogP contribution in [0.4, 0.5) is 17.6 Å². The Kier molecular flexibility index (Phi) is 10.8. The Balaban J connectivity index is 0.000000469. The van der Waals surface area contributed by atoms with E-state index < -0.39 is 17.4 Å². The molecule has 0 spiro atoms. The number of alkyl halides is 4. The Hall–Kier alpha value is -1.43. The molecule has 0 heterocycles. The van der Waals surface area contributed by atoms with Gasteiger partial charge < -0.3 is 10.5 Å². The number of benzene rings is 1. The highest BCUT2D eigenvalue weighted by molar-refractivity contribution is 5.24. The molecule has 0 saturated heterocycles. The van der Waals surface area contributed by atoms with Crippen molar-refractivity contribution < 1.29 is 22.4 Å². The van der Waals surface area contributed by atoms with E-state index in [1.807, 2.05) is 6.79 Å². The summed E-state index contributed by atoms with van der Waals surface area (Å²) in [7, 11) is 0. The zero-order valence-corrected chi connectivity index (χ0v) is 16.7. The number of aryl methyl sites for hydroxylation is 1. The van der Waals surface area contributed by atoms with Crippen molar-refractivity contribution in [2.75, 3.05) is 6.54 Å². The first-order valence-electron chi connectivity index (χ1n) is 9.35. The molecule has 1 aliphatic rings. The van der Waals surface area contributed by atoms with Crippen LogP contribution in [0.2, 0.25) is 0 Å². The van der Waals surface area contributed by atoms with Crippen molar-refractivity contribution in [1.29, 1.82) is 0 Å². The summed E-state index contributed by atoms with van der Waals surface area (Å²) in [5.74, 6) is 0. The number of carbonyl (C=O) groups excluding carboxylic acids is 1. The summed E-state index contributed by atoms with van der Waals surface area (Å²) in [6, 6.07) is 5.22. The highest BCUT2D eigenvalue weighted by Crippen LogP contribution is 2.44. The molecule has 6 heteroatoms. The van der Waals surface area contributed by atoms with Gasteiger partial charge in [-0.1, -0.05) is 50.5 Å². The third kappa shape index (κ3) is 9.36. The van der Waals surface area contributed by atoms with Crippen LogP contribution in [0.25, 0.3) is 0 Å². The van der Waals surface area contributed by atoms with Gasteiger partial charge in [0.2, 0.25) is 0 Å². The standard InChI is InChI=1S/C12H24FN.C8H7F3.CH2O/c1-3-4-5-12(13)8-6-11(2,10-14)7-9-12;1-6-3-2-4-7(5-6)8(9,10)11;1-2/h3-10,14H2,1-2H3;2-5H,1H3;1H2. The van der Waals surface area contributed by atoms with Gasteiger partial charge in [0.25, 0.3) is 0 Å². The maximum Gasteiger partial charge on any atom is 0.416 e. The molecule has 0 unspecified atom stereocenters. The van der Waals surface area contributed by atoms with E-state index in [-0.39, 0.29) is 5.41 Å². The number of hydrogen-bond donors (Lipinski definition) is 1. The third-order valence-electron chi connectivity index (χ3n) is 5.17. The summed E-state index contributed by atoms with van der Waals surface area (Å²) in [4.78, 5) is 8.00. The molecule has 1 aliphatic carbocycles. The Morgan fingerprint density at radius 3 is 2.07 bits per heavy atom. The lowest BCUT2D eigenvalue weighted by Crippen LogP contribution is -2.38. The second-order valence-electron chi connectivity index (χ2n) is 7.64.